The topological polar surface area (TPSA) is 70.7 Å². The molecule has 1 saturated heterocycles. The summed E-state index contributed by atoms with van der Waals surface area (Å²) in [6.07, 6.45) is 7.13. The van der Waals surface area contributed by atoms with Crippen molar-refractivity contribution in [3.05, 3.63) is 30.2 Å². The molecule has 0 aromatic carbocycles. The molecule has 1 N–H and O–H groups in total. The van der Waals surface area contributed by atoms with Crippen LogP contribution in [0.25, 0.3) is 5.65 Å². The van der Waals surface area contributed by atoms with Crippen LogP contribution >= 0.6 is 0 Å². The number of carboxylic acids is 1. The van der Waals surface area contributed by atoms with Gasteiger partial charge in [0.15, 0.2) is 5.65 Å². The molecule has 2 aromatic rings. The van der Waals surface area contributed by atoms with Crippen molar-refractivity contribution in [3.63, 3.8) is 0 Å². The van der Waals surface area contributed by atoms with Crippen LogP contribution in [0.15, 0.2) is 24.7 Å². The number of aliphatic carboxylic acids is 1. The summed E-state index contributed by atoms with van der Waals surface area (Å²) in [5.74, 6) is -0.939. The Labute approximate surface area is 110 Å². The van der Waals surface area contributed by atoms with Gasteiger partial charge in [-0.25, -0.2) is 9.50 Å². The molecule has 0 radical (unpaired) electrons. The lowest BCUT2D eigenvalue weighted by molar-refractivity contribution is -0.143. The lowest BCUT2D eigenvalue weighted by Crippen LogP contribution is -2.38. The van der Waals surface area contributed by atoms with E-state index >= 15 is 0 Å². The molecule has 3 rings (SSSR count). The van der Waals surface area contributed by atoms with E-state index in [2.05, 4.69) is 15.0 Å². The largest absolute Gasteiger partial charge is 0.481 e. The number of aromatic nitrogens is 3. The predicted octanol–water partition coefficient (Wildman–Crippen LogP) is 1.03. The molecule has 0 aliphatic carbocycles. The van der Waals surface area contributed by atoms with Crippen LogP contribution in [-0.4, -0.2) is 43.7 Å². The molecule has 1 aliphatic heterocycles. The lowest BCUT2D eigenvalue weighted by atomic mass is 9.98. The maximum atomic E-state index is 11.1. The van der Waals surface area contributed by atoms with Crippen molar-refractivity contribution >= 4 is 11.6 Å². The molecule has 1 aliphatic rings. The van der Waals surface area contributed by atoms with Gasteiger partial charge in [0.1, 0.15) is 0 Å². The van der Waals surface area contributed by atoms with Crippen molar-refractivity contribution in [2.24, 2.45) is 5.92 Å². The van der Waals surface area contributed by atoms with Crippen LogP contribution < -0.4 is 0 Å². The van der Waals surface area contributed by atoms with E-state index in [1.165, 1.54) is 0 Å². The summed E-state index contributed by atoms with van der Waals surface area (Å²) < 4.78 is 1.74. The second-order valence-electron chi connectivity index (χ2n) is 4.97. The Morgan fingerprint density at radius 1 is 1.53 bits per heavy atom. The summed E-state index contributed by atoms with van der Waals surface area (Å²) in [4.78, 5) is 17.6. The first-order valence-electron chi connectivity index (χ1n) is 6.46. The minimum atomic E-state index is -0.692. The average molecular weight is 260 g/mol. The molecule has 0 bridgehead atoms. The lowest BCUT2D eigenvalue weighted by Gasteiger charge is -2.30. The second-order valence-corrected chi connectivity index (χ2v) is 4.97. The van der Waals surface area contributed by atoms with Gasteiger partial charge >= 0.3 is 5.97 Å². The van der Waals surface area contributed by atoms with Crippen LogP contribution in [0.3, 0.4) is 0 Å². The quantitative estimate of drug-likeness (QED) is 0.892. The minimum Gasteiger partial charge on any atom is -0.481 e. The number of fused-ring (bicyclic) bond motifs is 1. The van der Waals surface area contributed by atoms with Crippen molar-refractivity contribution in [2.75, 3.05) is 13.1 Å². The van der Waals surface area contributed by atoms with E-state index in [4.69, 9.17) is 5.11 Å². The zero-order chi connectivity index (χ0) is 13.2. The Hall–Kier alpha value is -1.95. The minimum absolute atomic E-state index is 0.247. The highest BCUT2D eigenvalue weighted by Crippen LogP contribution is 2.19. The number of nitrogens with zero attached hydrogens (tertiary/aromatic N) is 4. The second kappa shape index (κ2) is 4.97. The van der Waals surface area contributed by atoms with Crippen LogP contribution in [0.4, 0.5) is 0 Å². The number of piperidine rings is 1. The highest BCUT2D eigenvalue weighted by Gasteiger charge is 2.25. The van der Waals surface area contributed by atoms with Crippen molar-refractivity contribution in [3.8, 4) is 0 Å². The number of hydrogen-bond donors (Lipinski definition) is 1. The molecule has 6 nitrogen and oxygen atoms in total. The normalized spacial score (nSPS) is 20.7. The number of rotatable bonds is 3. The molecule has 0 amide bonds. The molecule has 19 heavy (non-hydrogen) atoms. The van der Waals surface area contributed by atoms with E-state index in [9.17, 15) is 4.79 Å². The van der Waals surface area contributed by atoms with Gasteiger partial charge in [0.05, 0.1) is 12.1 Å². The molecular weight excluding hydrogens is 244 g/mol. The third-order valence-corrected chi connectivity index (χ3v) is 3.60. The van der Waals surface area contributed by atoms with Gasteiger partial charge in [-0.15, -0.1) is 0 Å². The average Bonchev–Trinajstić information content (AvgIpc) is 2.83. The van der Waals surface area contributed by atoms with Gasteiger partial charge in [-0.1, -0.05) is 0 Å². The summed E-state index contributed by atoms with van der Waals surface area (Å²) in [7, 11) is 0. The Morgan fingerprint density at radius 3 is 3.26 bits per heavy atom. The number of carbonyl (C=O) groups is 1. The van der Waals surface area contributed by atoms with E-state index in [0.717, 1.165) is 30.6 Å². The molecule has 6 heteroatoms. The van der Waals surface area contributed by atoms with E-state index < -0.39 is 5.97 Å². The monoisotopic (exact) mass is 260 g/mol. The Bertz CT molecular complexity index is 595. The standard InChI is InChI=1S/C13H16N4O2/c18-13(19)10-3-1-5-16(8-10)9-11-7-15-17-6-2-4-14-12(11)17/h2,4,6-7,10H,1,3,5,8-9H2,(H,18,19)/t10-/m0/s1. The smallest absolute Gasteiger partial charge is 0.307 e. The third kappa shape index (κ3) is 2.44. The fraction of sp³-hybridized carbons (Fsp3) is 0.462. The molecule has 1 atom stereocenters. The molecule has 2 aromatic heterocycles. The molecule has 100 valence electrons. The Morgan fingerprint density at radius 2 is 2.42 bits per heavy atom. The first-order valence-corrected chi connectivity index (χ1v) is 6.46. The van der Waals surface area contributed by atoms with Crippen LogP contribution in [0.2, 0.25) is 0 Å². The highest BCUT2D eigenvalue weighted by molar-refractivity contribution is 5.70. The van der Waals surface area contributed by atoms with Gasteiger partial charge in [0, 0.05) is 31.0 Å². The van der Waals surface area contributed by atoms with E-state index in [-0.39, 0.29) is 5.92 Å². The van der Waals surface area contributed by atoms with E-state index in [1.54, 1.807) is 10.7 Å². The summed E-state index contributed by atoms with van der Waals surface area (Å²) in [5, 5.41) is 13.3. The van der Waals surface area contributed by atoms with Gasteiger partial charge in [-0.05, 0) is 25.5 Å². The van der Waals surface area contributed by atoms with Crippen molar-refractivity contribution in [1.82, 2.24) is 19.5 Å². The number of likely N-dealkylation sites (tertiary alicyclic amines) is 1. The van der Waals surface area contributed by atoms with Crippen LogP contribution in [0, 0.1) is 5.92 Å². The van der Waals surface area contributed by atoms with Crippen molar-refractivity contribution < 1.29 is 9.90 Å². The molecular formula is C13H16N4O2. The summed E-state index contributed by atoms with van der Waals surface area (Å²) in [6, 6.07) is 1.84. The molecule has 0 unspecified atom stereocenters. The Balaban J connectivity index is 1.76. The van der Waals surface area contributed by atoms with E-state index in [0.29, 0.717) is 13.1 Å². The number of carboxylic acid groups (broad SMARTS) is 1. The SMILES string of the molecule is O=C(O)[C@H]1CCCN(Cc2cnn3cccnc23)C1. The molecule has 1 fully saturated rings. The van der Waals surface area contributed by atoms with Gasteiger partial charge in [0.25, 0.3) is 0 Å². The van der Waals surface area contributed by atoms with Crippen LogP contribution in [0.5, 0.6) is 0 Å². The van der Waals surface area contributed by atoms with Crippen molar-refractivity contribution in [1.29, 1.82) is 0 Å². The first kappa shape index (κ1) is 12.1. The van der Waals surface area contributed by atoms with Gasteiger partial charge in [0.2, 0.25) is 0 Å². The van der Waals surface area contributed by atoms with Gasteiger partial charge in [-0.2, -0.15) is 5.10 Å². The Kier molecular flexibility index (Phi) is 3.16. The van der Waals surface area contributed by atoms with Crippen molar-refractivity contribution in [2.45, 2.75) is 19.4 Å². The highest BCUT2D eigenvalue weighted by atomic mass is 16.4. The molecule has 3 heterocycles. The maximum absolute atomic E-state index is 11.1. The fourth-order valence-corrected chi connectivity index (χ4v) is 2.63. The summed E-state index contributed by atoms with van der Waals surface area (Å²) in [6.45, 7) is 2.26. The zero-order valence-corrected chi connectivity index (χ0v) is 10.6. The van der Waals surface area contributed by atoms with Crippen LogP contribution in [0.1, 0.15) is 18.4 Å². The predicted molar refractivity (Wildman–Crippen MR) is 68.6 cm³/mol. The molecule has 0 spiro atoms. The van der Waals surface area contributed by atoms with Gasteiger partial charge in [-0.3, -0.25) is 9.69 Å². The summed E-state index contributed by atoms with van der Waals surface area (Å²) >= 11 is 0. The van der Waals surface area contributed by atoms with Crippen LogP contribution in [-0.2, 0) is 11.3 Å². The first-order chi connectivity index (χ1) is 9.24. The summed E-state index contributed by atoms with van der Waals surface area (Å²) in [5.41, 5.74) is 1.89. The zero-order valence-electron chi connectivity index (χ0n) is 10.6. The fourth-order valence-electron chi connectivity index (χ4n) is 2.63. The maximum Gasteiger partial charge on any atom is 0.307 e. The third-order valence-electron chi connectivity index (χ3n) is 3.60. The number of hydrogen-bond acceptors (Lipinski definition) is 4. The van der Waals surface area contributed by atoms with E-state index in [1.807, 2.05) is 18.5 Å². The molecule has 0 saturated carbocycles. The van der Waals surface area contributed by atoms with Gasteiger partial charge < -0.3 is 5.11 Å².